The fourth-order valence-corrected chi connectivity index (χ4v) is 6.50. The predicted molar refractivity (Wildman–Crippen MR) is 209 cm³/mol. The van der Waals surface area contributed by atoms with Gasteiger partial charge in [-0.3, -0.25) is 14.4 Å². The molecule has 1 unspecified atom stereocenters. The van der Waals surface area contributed by atoms with Crippen LogP contribution >= 0.6 is 23.4 Å². The molecule has 252 valence electrons. The summed E-state index contributed by atoms with van der Waals surface area (Å²) in [5.74, 6) is -1.07. The first-order valence-electron chi connectivity index (χ1n) is 16.3. The Hall–Kier alpha value is -5.89. The second-order valence-electron chi connectivity index (χ2n) is 11.7. The molecule has 6 aromatic carbocycles. The molecule has 0 bridgehead atoms. The highest BCUT2D eigenvalue weighted by molar-refractivity contribution is 8.00. The van der Waals surface area contributed by atoms with E-state index in [9.17, 15) is 14.4 Å². The monoisotopic (exact) mass is 707 g/mol. The summed E-state index contributed by atoms with van der Waals surface area (Å²) in [5.41, 5.74) is 6.21. The van der Waals surface area contributed by atoms with Crippen molar-refractivity contribution >= 4 is 58.5 Å². The number of thioether (sulfide) groups is 1. The quantitative estimate of drug-likeness (QED) is 0.0924. The van der Waals surface area contributed by atoms with Crippen molar-refractivity contribution < 1.29 is 14.4 Å². The summed E-state index contributed by atoms with van der Waals surface area (Å²) < 4.78 is 0. The van der Waals surface area contributed by atoms with Gasteiger partial charge in [-0.2, -0.15) is 0 Å². The SMILES string of the molecule is Cc1c(Cl)cccc1NC(=O)C(Sc1ccc(NC(=O)/C(=C/c2ccc(-c3ccccc3)cc2)NC(=O)c2ccccc2)cc1)c1ccccc1. The van der Waals surface area contributed by atoms with Gasteiger partial charge >= 0.3 is 0 Å². The van der Waals surface area contributed by atoms with Gasteiger partial charge in [-0.05, 0) is 89.3 Å². The molecule has 51 heavy (non-hydrogen) atoms. The van der Waals surface area contributed by atoms with E-state index in [1.807, 2.05) is 116 Å². The van der Waals surface area contributed by atoms with Gasteiger partial charge in [-0.1, -0.05) is 121 Å². The molecule has 1 atom stereocenters. The van der Waals surface area contributed by atoms with Crippen molar-refractivity contribution in [3.63, 3.8) is 0 Å². The molecule has 6 rings (SSSR count). The third kappa shape index (κ3) is 9.22. The smallest absolute Gasteiger partial charge is 0.272 e. The lowest BCUT2D eigenvalue weighted by atomic mass is 10.0. The first-order chi connectivity index (χ1) is 24.8. The molecule has 0 radical (unpaired) electrons. The van der Waals surface area contributed by atoms with E-state index in [-0.39, 0.29) is 11.6 Å². The molecular weight excluding hydrogens is 674 g/mol. The van der Waals surface area contributed by atoms with Crippen LogP contribution in [0.5, 0.6) is 0 Å². The molecule has 0 spiro atoms. The molecule has 6 nitrogen and oxygen atoms in total. The van der Waals surface area contributed by atoms with E-state index in [0.29, 0.717) is 22.0 Å². The standard InChI is InChI=1S/C43H34ClN3O3S/c1-29-37(44)18-11-19-38(29)46-43(50)40(33-14-7-3-8-15-33)51-36-26-24-35(25-27-36)45-42(49)39(47-41(48)34-16-9-4-10-17-34)28-30-20-22-32(23-21-30)31-12-5-2-6-13-31/h2-28,40H,1H3,(H,45,49)(H,46,50)(H,47,48)/b39-28-. The van der Waals surface area contributed by atoms with Gasteiger partial charge in [0.2, 0.25) is 5.91 Å². The third-order valence-corrected chi connectivity index (χ3v) is 9.77. The molecule has 0 heterocycles. The van der Waals surface area contributed by atoms with Crippen LogP contribution in [0.25, 0.3) is 17.2 Å². The van der Waals surface area contributed by atoms with Crippen molar-refractivity contribution in [2.24, 2.45) is 0 Å². The minimum Gasteiger partial charge on any atom is -0.325 e. The number of halogens is 1. The number of amides is 3. The van der Waals surface area contributed by atoms with Gasteiger partial charge in [0.25, 0.3) is 11.8 Å². The van der Waals surface area contributed by atoms with E-state index in [1.165, 1.54) is 11.8 Å². The van der Waals surface area contributed by atoms with Crippen LogP contribution in [0.4, 0.5) is 11.4 Å². The van der Waals surface area contributed by atoms with Crippen LogP contribution in [-0.4, -0.2) is 17.7 Å². The van der Waals surface area contributed by atoms with Crippen LogP contribution < -0.4 is 16.0 Å². The summed E-state index contributed by atoms with van der Waals surface area (Å²) in [5, 5.41) is 8.77. The zero-order chi connectivity index (χ0) is 35.6. The Labute approximate surface area is 306 Å². The maximum atomic E-state index is 13.7. The van der Waals surface area contributed by atoms with Gasteiger partial charge in [0.05, 0.1) is 0 Å². The number of hydrogen-bond acceptors (Lipinski definition) is 4. The second kappa shape index (κ2) is 16.7. The van der Waals surface area contributed by atoms with Crippen molar-refractivity contribution in [3.05, 3.63) is 191 Å². The lowest BCUT2D eigenvalue weighted by molar-refractivity contribution is -0.116. The molecule has 0 saturated heterocycles. The molecule has 3 N–H and O–H groups in total. The van der Waals surface area contributed by atoms with Gasteiger partial charge in [-0.15, -0.1) is 11.8 Å². The molecule has 0 aromatic heterocycles. The fraction of sp³-hybridized carbons (Fsp3) is 0.0465. The average Bonchev–Trinajstić information content (AvgIpc) is 3.17. The molecule has 0 aliphatic carbocycles. The molecule has 0 aliphatic heterocycles. The largest absolute Gasteiger partial charge is 0.325 e. The van der Waals surface area contributed by atoms with E-state index >= 15 is 0 Å². The molecule has 3 amide bonds. The number of anilines is 2. The van der Waals surface area contributed by atoms with Crippen LogP contribution in [0, 0.1) is 6.92 Å². The molecule has 0 fully saturated rings. The maximum Gasteiger partial charge on any atom is 0.272 e. The van der Waals surface area contributed by atoms with Gasteiger partial charge in [0, 0.05) is 26.9 Å². The summed E-state index contributed by atoms with van der Waals surface area (Å²) in [7, 11) is 0. The zero-order valence-electron chi connectivity index (χ0n) is 27.7. The Kier molecular flexibility index (Phi) is 11.4. The predicted octanol–water partition coefficient (Wildman–Crippen LogP) is 10.2. The molecular formula is C43H34ClN3O3S. The van der Waals surface area contributed by atoms with Crippen molar-refractivity contribution in [1.82, 2.24) is 5.32 Å². The Morgan fingerprint density at radius 3 is 1.92 bits per heavy atom. The number of carbonyl (C=O) groups is 3. The highest BCUT2D eigenvalue weighted by atomic mass is 35.5. The minimum atomic E-state index is -0.555. The topological polar surface area (TPSA) is 87.3 Å². The summed E-state index contributed by atoms with van der Waals surface area (Å²) in [4.78, 5) is 41.3. The normalized spacial score (nSPS) is 11.7. The molecule has 0 saturated carbocycles. The van der Waals surface area contributed by atoms with Crippen LogP contribution in [-0.2, 0) is 9.59 Å². The van der Waals surface area contributed by atoms with E-state index < -0.39 is 17.1 Å². The van der Waals surface area contributed by atoms with Crippen LogP contribution in [0.2, 0.25) is 5.02 Å². The van der Waals surface area contributed by atoms with E-state index in [1.54, 1.807) is 54.6 Å². The summed E-state index contributed by atoms with van der Waals surface area (Å²) >= 11 is 7.70. The van der Waals surface area contributed by atoms with Crippen LogP contribution in [0.1, 0.15) is 32.3 Å². The number of hydrogen-bond donors (Lipinski definition) is 3. The Balaban J connectivity index is 1.20. The Morgan fingerprint density at radius 1 is 0.647 bits per heavy atom. The Bertz CT molecular complexity index is 2160. The first kappa shape index (κ1) is 35.0. The average molecular weight is 708 g/mol. The van der Waals surface area contributed by atoms with Crippen LogP contribution in [0.15, 0.2) is 168 Å². The highest BCUT2D eigenvalue weighted by Gasteiger charge is 2.23. The fourth-order valence-electron chi connectivity index (χ4n) is 5.30. The van der Waals surface area contributed by atoms with Crippen molar-refractivity contribution in [2.75, 3.05) is 10.6 Å². The number of carbonyl (C=O) groups excluding carboxylic acids is 3. The molecule has 0 aliphatic rings. The van der Waals surface area contributed by atoms with Gasteiger partial charge < -0.3 is 16.0 Å². The third-order valence-electron chi connectivity index (χ3n) is 8.09. The lowest BCUT2D eigenvalue weighted by Gasteiger charge is -2.18. The lowest BCUT2D eigenvalue weighted by Crippen LogP contribution is -2.30. The van der Waals surface area contributed by atoms with Crippen molar-refractivity contribution in [1.29, 1.82) is 0 Å². The van der Waals surface area contributed by atoms with Crippen molar-refractivity contribution in [3.8, 4) is 11.1 Å². The first-order valence-corrected chi connectivity index (χ1v) is 17.5. The minimum absolute atomic E-state index is 0.0897. The number of rotatable bonds is 11. The van der Waals surface area contributed by atoms with Crippen LogP contribution in [0.3, 0.4) is 0 Å². The highest BCUT2D eigenvalue weighted by Crippen LogP contribution is 2.37. The number of nitrogens with one attached hydrogen (secondary N) is 3. The number of benzene rings is 6. The van der Waals surface area contributed by atoms with Crippen molar-refractivity contribution in [2.45, 2.75) is 17.1 Å². The van der Waals surface area contributed by atoms with Gasteiger partial charge in [0.1, 0.15) is 10.9 Å². The van der Waals surface area contributed by atoms with E-state index in [4.69, 9.17) is 11.6 Å². The summed E-state index contributed by atoms with van der Waals surface area (Å²) in [6, 6.07) is 48.7. The van der Waals surface area contributed by atoms with E-state index in [2.05, 4.69) is 16.0 Å². The molecule has 6 aromatic rings. The Morgan fingerprint density at radius 2 is 1.25 bits per heavy atom. The zero-order valence-corrected chi connectivity index (χ0v) is 29.2. The second-order valence-corrected chi connectivity index (χ2v) is 13.2. The van der Waals surface area contributed by atoms with Gasteiger partial charge in [-0.25, -0.2) is 0 Å². The van der Waals surface area contributed by atoms with Gasteiger partial charge in [0.15, 0.2) is 0 Å². The molecule has 8 heteroatoms. The maximum absolute atomic E-state index is 13.7. The summed E-state index contributed by atoms with van der Waals surface area (Å²) in [6.45, 7) is 1.87. The van der Waals surface area contributed by atoms with E-state index in [0.717, 1.165) is 32.7 Å². The summed E-state index contributed by atoms with van der Waals surface area (Å²) in [6.07, 6.45) is 1.65.